The van der Waals surface area contributed by atoms with E-state index in [-0.39, 0.29) is 12.2 Å². The zero-order chi connectivity index (χ0) is 28.9. The number of anilines is 1. The number of hydrogen-bond donors (Lipinski definition) is 0. The van der Waals surface area contributed by atoms with Crippen molar-refractivity contribution in [3.8, 4) is 11.5 Å². The lowest BCUT2D eigenvalue weighted by Gasteiger charge is -2.25. The molecule has 1 fully saturated rings. The van der Waals surface area contributed by atoms with Gasteiger partial charge in [-0.1, -0.05) is 30.1 Å². The molecular formula is C31H35N3O6S. The number of thiazole rings is 1. The molecule has 2 aliphatic heterocycles. The summed E-state index contributed by atoms with van der Waals surface area (Å²) in [5, 5.41) is 0. The Morgan fingerprint density at radius 3 is 2.66 bits per heavy atom. The third-order valence-electron chi connectivity index (χ3n) is 7.01. The molecule has 0 bridgehead atoms. The minimum atomic E-state index is -0.763. The van der Waals surface area contributed by atoms with Gasteiger partial charge in [0.15, 0.2) is 22.2 Å². The lowest BCUT2D eigenvalue weighted by molar-refractivity contribution is -0.139. The summed E-state index contributed by atoms with van der Waals surface area (Å²) >= 11 is 1.26. The number of hydrogen-bond acceptors (Lipinski definition) is 9. The largest absolute Gasteiger partial charge is 0.490 e. The number of benzene rings is 1. The van der Waals surface area contributed by atoms with Gasteiger partial charge in [0.25, 0.3) is 5.56 Å². The van der Waals surface area contributed by atoms with E-state index in [0.29, 0.717) is 56.6 Å². The van der Waals surface area contributed by atoms with Crippen molar-refractivity contribution in [1.82, 2.24) is 4.57 Å². The van der Waals surface area contributed by atoms with Crippen molar-refractivity contribution in [2.75, 3.05) is 37.8 Å². The van der Waals surface area contributed by atoms with E-state index in [1.54, 1.807) is 42.7 Å². The number of ether oxygens (including phenoxy) is 3. The molecule has 5 rings (SSSR count). The van der Waals surface area contributed by atoms with Crippen LogP contribution in [0.25, 0.3) is 6.08 Å². The fourth-order valence-electron chi connectivity index (χ4n) is 5.17. The lowest BCUT2D eigenvalue weighted by atomic mass is 9.95. The average molecular weight is 578 g/mol. The number of piperidine rings is 1. The van der Waals surface area contributed by atoms with Crippen LogP contribution in [-0.4, -0.2) is 43.4 Å². The van der Waals surface area contributed by atoms with E-state index in [9.17, 15) is 9.59 Å². The van der Waals surface area contributed by atoms with Gasteiger partial charge in [-0.2, -0.15) is 0 Å². The Morgan fingerprint density at radius 2 is 1.93 bits per heavy atom. The number of allylic oxidation sites excluding steroid dienone is 1. The summed E-state index contributed by atoms with van der Waals surface area (Å²) < 4.78 is 25.2. The van der Waals surface area contributed by atoms with Gasteiger partial charge in [-0.15, -0.1) is 0 Å². The first-order valence-electron chi connectivity index (χ1n) is 14.0. The highest BCUT2D eigenvalue weighted by Crippen LogP contribution is 2.36. The first-order chi connectivity index (χ1) is 19.9. The number of fused-ring (bicyclic) bond motifs is 1. The molecule has 0 amide bonds. The monoisotopic (exact) mass is 577 g/mol. The van der Waals surface area contributed by atoms with Crippen LogP contribution in [-0.2, 0) is 9.53 Å². The number of carbonyl (C=O) groups is 1. The zero-order valence-electron chi connectivity index (χ0n) is 23.7. The van der Waals surface area contributed by atoms with Gasteiger partial charge in [0.2, 0.25) is 0 Å². The quantitative estimate of drug-likeness (QED) is 0.261. The Balaban J connectivity index is 1.61. The first kappa shape index (κ1) is 28.5. The first-order valence-corrected chi connectivity index (χ1v) is 14.8. The maximum atomic E-state index is 14.0. The molecule has 10 heteroatoms. The number of furan rings is 1. The molecule has 4 heterocycles. The highest BCUT2D eigenvalue weighted by molar-refractivity contribution is 7.07. The fraction of sp³-hybridized carbons (Fsp3) is 0.387. The smallest absolute Gasteiger partial charge is 0.338 e. The molecule has 2 aromatic heterocycles. The second kappa shape index (κ2) is 12.6. The molecule has 0 N–H and O–H groups in total. The second-order valence-electron chi connectivity index (χ2n) is 9.76. The summed E-state index contributed by atoms with van der Waals surface area (Å²) in [5.41, 5.74) is 1.21. The number of aromatic nitrogens is 1. The number of esters is 1. The molecule has 1 aromatic carbocycles. The number of nitrogens with zero attached hydrogens (tertiary/aromatic N) is 3. The molecule has 2 aliphatic rings. The van der Waals surface area contributed by atoms with Crippen LogP contribution in [0.1, 0.15) is 57.4 Å². The van der Waals surface area contributed by atoms with E-state index in [1.165, 1.54) is 17.8 Å². The predicted octanol–water partition coefficient (Wildman–Crippen LogP) is 4.35. The maximum absolute atomic E-state index is 14.0. The third-order valence-corrected chi connectivity index (χ3v) is 7.99. The average Bonchev–Trinajstić information content (AvgIpc) is 3.56. The molecule has 0 spiro atoms. The van der Waals surface area contributed by atoms with Crippen molar-refractivity contribution in [3.63, 3.8) is 0 Å². The molecule has 9 nitrogen and oxygen atoms in total. The molecule has 1 saturated heterocycles. The summed E-state index contributed by atoms with van der Waals surface area (Å²) in [4.78, 5) is 34.6. The normalized spacial score (nSPS) is 17.2. The van der Waals surface area contributed by atoms with Crippen molar-refractivity contribution in [2.45, 2.75) is 46.1 Å². The molecule has 0 unspecified atom stereocenters. The number of rotatable bonds is 10. The van der Waals surface area contributed by atoms with Crippen molar-refractivity contribution < 1.29 is 23.4 Å². The van der Waals surface area contributed by atoms with Crippen LogP contribution in [0.3, 0.4) is 0 Å². The van der Waals surface area contributed by atoms with E-state index in [4.69, 9.17) is 18.6 Å². The minimum Gasteiger partial charge on any atom is -0.490 e. The molecule has 216 valence electrons. The lowest BCUT2D eigenvalue weighted by Crippen LogP contribution is -2.40. The molecule has 0 aliphatic carbocycles. The van der Waals surface area contributed by atoms with Gasteiger partial charge in [-0.05, 0) is 63.8 Å². The SMILES string of the molecule is C=CCOc1ccc([C@H]2C(C(=O)OCC)=C(C)N=c3s/c(=C/c4ccc(N5CCCCC5)o4)c(=O)n32)cc1OCC. The van der Waals surface area contributed by atoms with E-state index in [1.807, 2.05) is 25.1 Å². The summed E-state index contributed by atoms with van der Waals surface area (Å²) in [6.07, 6.45) is 6.92. The van der Waals surface area contributed by atoms with E-state index >= 15 is 0 Å². The Bertz CT molecular complexity index is 1640. The van der Waals surface area contributed by atoms with Crippen LogP contribution < -0.4 is 29.3 Å². The molecule has 1 atom stereocenters. The molecular weight excluding hydrogens is 542 g/mol. The van der Waals surface area contributed by atoms with Crippen LogP contribution >= 0.6 is 11.3 Å². The standard InChI is InChI=1S/C31H35N3O6S/c1-5-17-39-23-13-11-21(18-24(23)37-6-2)28-27(30(36)38-7-3)20(4)32-31-34(28)29(35)25(41-31)19-22-12-14-26(40-22)33-15-9-8-10-16-33/h5,11-14,18-19,28H,1,6-10,15-17H2,2-4H3/b25-19+/t28-/m0/s1. The van der Waals surface area contributed by atoms with Gasteiger partial charge >= 0.3 is 5.97 Å². The van der Waals surface area contributed by atoms with Crippen LogP contribution in [0, 0.1) is 0 Å². The summed E-state index contributed by atoms with van der Waals surface area (Å²) in [5.74, 6) is 1.94. The van der Waals surface area contributed by atoms with Crippen molar-refractivity contribution in [3.05, 3.63) is 85.3 Å². The Kier molecular flexibility index (Phi) is 8.78. The van der Waals surface area contributed by atoms with Crippen LogP contribution in [0.2, 0.25) is 0 Å². The summed E-state index contributed by atoms with van der Waals surface area (Å²) in [6.45, 7) is 12.0. The third kappa shape index (κ3) is 5.88. The highest BCUT2D eigenvalue weighted by atomic mass is 32.1. The van der Waals surface area contributed by atoms with Crippen LogP contribution in [0.15, 0.2) is 68.5 Å². The van der Waals surface area contributed by atoms with Gasteiger partial charge in [-0.25, -0.2) is 9.79 Å². The van der Waals surface area contributed by atoms with Gasteiger partial charge in [-0.3, -0.25) is 9.36 Å². The second-order valence-corrected chi connectivity index (χ2v) is 10.8. The Morgan fingerprint density at radius 1 is 1.12 bits per heavy atom. The highest BCUT2D eigenvalue weighted by Gasteiger charge is 2.34. The van der Waals surface area contributed by atoms with Gasteiger partial charge in [0.05, 0.1) is 35.1 Å². The molecule has 0 saturated carbocycles. The Hall–Kier alpha value is -4.05. The van der Waals surface area contributed by atoms with Gasteiger partial charge in [0, 0.05) is 25.2 Å². The summed E-state index contributed by atoms with van der Waals surface area (Å²) in [6, 6.07) is 8.48. The Labute approximate surface area is 242 Å². The van der Waals surface area contributed by atoms with Gasteiger partial charge in [0.1, 0.15) is 12.4 Å². The molecule has 3 aromatic rings. The van der Waals surface area contributed by atoms with Crippen LogP contribution in [0.4, 0.5) is 5.88 Å². The van der Waals surface area contributed by atoms with Gasteiger partial charge < -0.3 is 23.5 Å². The summed E-state index contributed by atoms with van der Waals surface area (Å²) in [7, 11) is 0. The predicted molar refractivity (Wildman–Crippen MR) is 158 cm³/mol. The zero-order valence-corrected chi connectivity index (χ0v) is 24.5. The molecule has 41 heavy (non-hydrogen) atoms. The fourth-order valence-corrected chi connectivity index (χ4v) is 6.20. The van der Waals surface area contributed by atoms with E-state index in [2.05, 4.69) is 16.5 Å². The minimum absolute atomic E-state index is 0.198. The van der Waals surface area contributed by atoms with Crippen molar-refractivity contribution in [1.29, 1.82) is 0 Å². The van der Waals surface area contributed by atoms with Crippen molar-refractivity contribution in [2.24, 2.45) is 4.99 Å². The molecule has 0 radical (unpaired) electrons. The van der Waals surface area contributed by atoms with Crippen molar-refractivity contribution >= 4 is 29.3 Å². The number of carbonyl (C=O) groups excluding carboxylic acids is 1. The van der Waals surface area contributed by atoms with E-state index in [0.717, 1.165) is 31.8 Å². The topological polar surface area (TPSA) is 95.5 Å². The maximum Gasteiger partial charge on any atom is 0.338 e. The van der Waals surface area contributed by atoms with Crippen LogP contribution in [0.5, 0.6) is 11.5 Å². The van der Waals surface area contributed by atoms with E-state index < -0.39 is 12.0 Å².